The quantitative estimate of drug-likeness (QED) is 0.425. The van der Waals surface area contributed by atoms with Gasteiger partial charge >= 0.3 is 6.03 Å². The lowest BCUT2D eigenvalue weighted by Gasteiger charge is -2.13. The van der Waals surface area contributed by atoms with E-state index in [2.05, 4.69) is 10.6 Å². The summed E-state index contributed by atoms with van der Waals surface area (Å²) in [6.45, 7) is 1.27. The number of hydrogen-bond acceptors (Lipinski definition) is 4. The summed E-state index contributed by atoms with van der Waals surface area (Å²) >= 11 is 0. The Hall–Kier alpha value is -3.42. The van der Waals surface area contributed by atoms with Crippen LogP contribution in [0.2, 0.25) is 0 Å². The molecule has 3 N–H and O–H groups in total. The molecule has 2 amide bonds. The van der Waals surface area contributed by atoms with Gasteiger partial charge < -0.3 is 25.2 Å². The van der Waals surface area contributed by atoms with Crippen molar-refractivity contribution in [2.24, 2.45) is 0 Å². The van der Waals surface area contributed by atoms with E-state index in [9.17, 15) is 14.3 Å². The van der Waals surface area contributed by atoms with Crippen molar-refractivity contribution in [3.05, 3.63) is 95.8 Å². The van der Waals surface area contributed by atoms with Crippen molar-refractivity contribution in [1.29, 1.82) is 0 Å². The molecule has 0 spiro atoms. The number of carbonyl (C=O) groups is 1. The Kier molecular flexibility index (Phi) is 8.39. The molecule has 0 radical (unpaired) electrons. The van der Waals surface area contributed by atoms with Gasteiger partial charge in [0.1, 0.15) is 18.2 Å². The summed E-state index contributed by atoms with van der Waals surface area (Å²) in [5, 5.41) is 15.4. The van der Waals surface area contributed by atoms with Gasteiger partial charge in [-0.1, -0.05) is 42.5 Å². The lowest BCUT2D eigenvalue weighted by atomic mass is 10.1. The van der Waals surface area contributed by atoms with Crippen LogP contribution in [0.3, 0.4) is 0 Å². The molecule has 3 aromatic carbocycles. The van der Waals surface area contributed by atoms with E-state index in [-0.39, 0.29) is 12.4 Å². The molecule has 162 valence electrons. The first-order chi connectivity index (χ1) is 15.1. The number of carbonyl (C=O) groups excluding carboxylic acids is 1. The number of halogens is 1. The highest BCUT2D eigenvalue weighted by Gasteiger charge is 2.10. The number of ether oxygens (including phenoxy) is 2. The maximum Gasteiger partial charge on any atom is 0.319 e. The minimum Gasteiger partial charge on any atom is -0.491 e. The summed E-state index contributed by atoms with van der Waals surface area (Å²) in [4.78, 5) is 12.1. The lowest BCUT2D eigenvalue weighted by Crippen LogP contribution is -2.32. The number of benzene rings is 3. The number of anilines is 1. The molecule has 0 bridgehead atoms. The van der Waals surface area contributed by atoms with Crippen molar-refractivity contribution in [3.63, 3.8) is 0 Å². The van der Waals surface area contributed by atoms with Crippen LogP contribution in [0.15, 0.2) is 78.9 Å². The van der Waals surface area contributed by atoms with E-state index >= 15 is 0 Å². The van der Waals surface area contributed by atoms with Crippen LogP contribution in [0, 0.1) is 5.82 Å². The van der Waals surface area contributed by atoms with Crippen molar-refractivity contribution in [3.8, 4) is 5.75 Å². The molecule has 6 nitrogen and oxygen atoms in total. The summed E-state index contributed by atoms with van der Waals surface area (Å²) < 4.78 is 24.1. The van der Waals surface area contributed by atoms with Gasteiger partial charge in [-0.15, -0.1) is 0 Å². The zero-order chi connectivity index (χ0) is 21.9. The van der Waals surface area contributed by atoms with Gasteiger partial charge in [0, 0.05) is 12.2 Å². The Balaban J connectivity index is 1.38. The monoisotopic (exact) mass is 424 g/mol. The Morgan fingerprint density at radius 2 is 1.74 bits per heavy atom. The zero-order valence-electron chi connectivity index (χ0n) is 17.0. The maximum atomic E-state index is 12.9. The molecule has 31 heavy (non-hydrogen) atoms. The van der Waals surface area contributed by atoms with Crippen molar-refractivity contribution in [1.82, 2.24) is 5.32 Å². The lowest BCUT2D eigenvalue weighted by molar-refractivity contribution is 0.0889. The van der Waals surface area contributed by atoms with Gasteiger partial charge in [-0.05, 0) is 47.5 Å². The highest BCUT2D eigenvalue weighted by molar-refractivity contribution is 5.89. The maximum absolute atomic E-state index is 12.9. The van der Waals surface area contributed by atoms with Crippen LogP contribution in [-0.4, -0.2) is 30.9 Å². The SMILES string of the molecule is O=C(NCC(O)c1ccc(F)cc1)Nc1cccc(COCCOc2ccccc2)c1. The first kappa shape index (κ1) is 22.3. The third-order valence-corrected chi connectivity index (χ3v) is 4.40. The first-order valence-corrected chi connectivity index (χ1v) is 9.93. The van der Waals surface area contributed by atoms with Crippen LogP contribution in [0.4, 0.5) is 14.9 Å². The Morgan fingerprint density at radius 1 is 0.968 bits per heavy atom. The zero-order valence-corrected chi connectivity index (χ0v) is 17.0. The smallest absolute Gasteiger partial charge is 0.319 e. The summed E-state index contributed by atoms with van der Waals surface area (Å²) in [6, 6.07) is 21.9. The van der Waals surface area contributed by atoms with Gasteiger partial charge in [-0.25, -0.2) is 9.18 Å². The minimum absolute atomic E-state index is 0.00167. The Morgan fingerprint density at radius 3 is 2.52 bits per heavy atom. The number of urea groups is 1. The van der Waals surface area contributed by atoms with Crippen LogP contribution >= 0.6 is 0 Å². The number of aliphatic hydroxyl groups excluding tert-OH is 1. The molecule has 7 heteroatoms. The highest BCUT2D eigenvalue weighted by atomic mass is 19.1. The fourth-order valence-electron chi connectivity index (χ4n) is 2.83. The van der Waals surface area contributed by atoms with Gasteiger partial charge in [0.25, 0.3) is 0 Å². The molecule has 1 atom stereocenters. The largest absolute Gasteiger partial charge is 0.491 e. The molecule has 3 aromatic rings. The van der Waals surface area contributed by atoms with E-state index in [0.717, 1.165) is 11.3 Å². The van der Waals surface area contributed by atoms with Gasteiger partial charge in [0.15, 0.2) is 0 Å². The average molecular weight is 424 g/mol. The van der Waals surface area contributed by atoms with Gasteiger partial charge in [-0.3, -0.25) is 0 Å². The van der Waals surface area contributed by atoms with Crippen LogP contribution in [0.25, 0.3) is 0 Å². The summed E-state index contributed by atoms with van der Waals surface area (Å²) in [5.41, 5.74) is 2.04. The second kappa shape index (κ2) is 11.7. The molecule has 0 aromatic heterocycles. The van der Waals surface area contributed by atoms with E-state index in [1.807, 2.05) is 48.5 Å². The average Bonchev–Trinajstić information content (AvgIpc) is 2.79. The Labute approximate surface area is 180 Å². The second-order valence-electron chi connectivity index (χ2n) is 6.82. The fourth-order valence-corrected chi connectivity index (χ4v) is 2.83. The van der Waals surface area contributed by atoms with Crippen molar-refractivity contribution in [2.45, 2.75) is 12.7 Å². The van der Waals surface area contributed by atoms with E-state index in [4.69, 9.17) is 9.47 Å². The second-order valence-corrected chi connectivity index (χ2v) is 6.82. The predicted molar refractivity (Wildman–Crippen MR) is 116 cm³/mol. The van der Waals surface area contributed by atoms with Crippen LogP contribution < -0.4 is 15.4 Å². The molecule has 0 aliphatic carbocycles. The van der Waals surface area contributed by atoms with E-state index in [1.165, 1.54) is 24.3 Å². The fraction of sp³-hybridized carbons (Fsp3) is 0.208. The summed E-state index contributed by atoms with van der Waals surface area (Å²) in [6.07, 6.45) is -0.927. The molecule has 0 aliphatic heterocycles. The van der Waals surface area contributed by atoms with E-state index in [0.29, 0.717) is 31.1 Å². The minimum atomic E-state index is -0.927. The van der Waals surface area contributed by atoms with Crippen molar-refractivity contribution < 1.29 is 23.8 Å². The number of hydrogen-bond donors (Lipinski definition) is 3. The molecule has 3 rings (SSSR count). The van der Waals surface area contributed by atoms with Crippen LogP contribution in [-0.2, 0) is 11.3 Å². The first-order valence-electron chi connectivity index (χ1n) is 9.93. The highest BCUT2D eigenvalue weighted by Crippen LogP contribution is 2.14. The predicted octanol–water partition coefficient (Wildman–Crippen LogP) is 4.28. The summed E-state index contributed by atoms with van der Waals surface area (Å²) in [7, 11) is 0. The van der Waals surface area contributed by atoms with Crippen molar-refractivity contribution in [2.75, 3.05) is 25.1 Å². The number of rotatable bonds is 10. The molecule has 1 unspecified atom stereocenters. The molecule has 0 aliphatic rings. The molecular weight excluding hydrogens is 399 g/mol. The number of para-hydroxylation sites is 1. The normalized spacial score (nSPS) is 11.5. The third kappa shape index (κ3) is 7.73. The molecule has 0 heterocycles. The van der Waals surface area contributed by atoms with Gasteiger partial charge in [-0.2, -0.15) is 0 Å². The van der Waals surface area contributed by atoms with Crippen molar-refractivity contribution >= 4 is 11.7 Å². The van der Waals surface area contributed by atoms with Crippen LogP contribution in [0.1, 0.15) is 17.2 Å². The third-order valence-electron chi connectivity index (χ3n) is 4.40. The van der Waals surface area contributed by atoms with E-state index in [1.54, 1.807) is 6.07 Å². The molecular formula is C24H25FN2O4. The van der Waals surface area contributed by atoms with E-state index < -0.39 is 12.1 Å². The standard InChI is InChI=1S/C24H25FN2O4/c25-20-11-9-19(10-12-20)23(28)16-26-24(29)27-21-6-4-5-18(15-21)17-30-13-14-31-22-7-2-1-3-8-22/h1-12,15,23,28H,13-14,16-17H2,(H2,26,27,29). The van der Waals surface area contributed by atoms with Gasteiger partial charge in [0.2, 0.25) is 0 Å². The number of nitrogens with one attached hydrogen (secondary N) is 2. The number of amides is 2. The molecule has 0 fully saturated rings. The summed E-state index contributed by atoms with van der Waals surface area (Å²) in [5.74, 6) is 0.419. The molecule has 0 saturated carbocycles. The topological polar surface area (TPSA) is 79.8 Å². The molecule has 0 saturated heterocycles. The number of aliphatic hydroxyl groups is 1. The van der Waals surface area contributed by atoms with Crippen LogP contribution in [0.5, 0.6) is 5.75 Å². The Bertz CT molecular complexity index is 951. The van der Waals surface area contributed by atoms with Gasteiger partial charge in [0.05, 0.1) is 19.3 Å².